The summed E-state index contributed by atoms with van der Waals surface area (Å²) in [5.74, 6) is 0. The Morgan fingerprint density at radius 3 is 2.59 bits per heavy atom. The van der Waals surface area contributed by atoms with Crippen LogP contribution in [0.25, 0.3) is 0 Å². The van der Waals surface area contributed by atoms with Gasteiger partial charge >= 0.3 is 0 Å². The highest BCUT2D eigenvalue weighted by Gasteiger charge is 2.26. The summed E-state index contributed by atoms with van der Waals surface area (Å²) in [6.07, 6.45) is 0.128. The standard InChI is InChI=1S/C12H26N2O3/c1-10(2)14-4-5-17-11(7-14)6-13-12(3,8-15)9-16/h10-11,13,15-16H,4-9H2,1-3H3. The fourth-order valence-electron chi connectivity index (χ4n) is 1.86. The molecule has 102 valence electrons. The van der Waals surface area contributed by atoms with E-state index in [2.05, 4.69) is 24.1 Å². The Hall–Kier alpha value is -0.200. The lowest BCUT2D eigenvalue weighted by Gasteiger charge is -2.37. The van der Waals surface area contributed by atoms with E-state index in [1.54, 1.807) is 6.92 Å². The molecule has 1 aliphatic heterocycles. The molecule has 0 bridgehead atoms. The third-order valence-corrected chi connectivity index (χ3v) is 3.35. The lowest BCUT2D eigenvalue weighted by Crippen LogP contribution is -2.55. The van der Waals surface area contributed by atoms with E-state index in [-0.39, 0.29) is 19.3 Å². The SMILES string of the molecule is CC(C)N1CCOC(CNC(C)(CO)CO)C1. The van der Waals surface area contributed by atoms with Gasteiger partial charge in [-0.2, -0.15) is 0 Å². The molecule has 0 spiro atoms. The van der Waals surface area contributed by atoms with Gasteiger partial charge in [-0.05, 0) is 20.8 Å². The van der Waals surface area contributed by atoms with Gasteiger partial charge in [0.05, 0.1) is 31.5 Å². The normalized spacial score (nSPS) is 23.3. The van der Waals surface area contributed by atoms with Gasteiger partial charge in [0.2, 0.25) is 0 Å². The molecule has 0 aromatic heterocycles. The van der Waals surface area contributed by atoms with Crippen molar-refractivity contribution in [2.24, 2.45) is 0 Å². The Morgan fingerprint density at radius 1 is 1.41 bits per heavy atom. The summed E-state index contributed by atoms with van der Waals surface area (Å²) in [5.41, 5.74) is -0.622. The summed E-state index contributed by atoms with van der Waals surface area (Å²) in [4.78, 5) is 2.38. The van der Waals surface area contributed by atoms with E-state index < -0.39 is 5.54 Å². The van der Waals surface area contributed by atoms with Crippen LogP contribution in [-0.2, 0) is 4.74 Å². The van der Waals surface area contributed by atoms with E-state index in [4.69, 9.17) is 4.74 Å². The maximum atomic E-state index is 9.18. The summed E-state index contributed by atoms with van der Waals surface area (Å²) in [6.45, 7) is 9.29. The Bertz CT molecular complexity index is 220. The van der Waals surface area contributed by atoms with Crippen molar-refractivity contribution in [3.63, 3.8) is 0 Å². The first-order chi connectivity index (χ1) is 8.00. The first kappa shape index (κ1) is 14.9. The maximum Gasteiger partial charge on any atom is 0.0827 e. The minimum absolute atomic E-state index is 0.0793. The average Bonchev–Trinajstić information content (AvgIpc) is 2.36. The molecule has 3 N–H and O–H groups in total. The fourth-order valence-corrected chi connectivity index (χ4v) is 1.86. The molecule has 0 amide bonds. The zero-order valence-corrected chi connectivity index (χ0v) is 11.1. The van der Waals surface area contributed by atoms with Crippen molar-refractivity contribution in [2.75, 3.05) is 39.5 Å². The molecule has 0 aromatic rings. The zero-order valence-electron chi connectivity index (χ0n) is 11.1. The zero-order chi connectivity index (χ0) is 12.9. The van der Waals surface area contributed by atoms with Crippen molar-refractivity contribution in [3.05, 3.63) is 0 Å². The van der Waals surface area contributed by atoms with Crippen LogP contribution in [0, 0.1) is 0 Å². The van der Waals surface area contributed by atoms with E-state index in [0.717, 1.165) is 19.7 Å². The van der Waals surface area contributed by atoms with Crippen molar-refractivity contribution in [1.82, 2.24) is 10.2 Å². The van der Waals surface area contributed by atoms with E-state index in [0.29, 0.717) is 12.6 Å². The first-order valence-corrected chi connectivity index (χ1v) is 6.33. The molecule has 17 heavy (non-hydrogen) atoms. The quantitative estimate of drug-likeness (QED) is 0.586. The van der Waals surface area contributed by atoms with Gasteiger partial charge in [-0.3, -0.25) is 4.90 Å². The molecule has 1 fully saturated rings. The third kappa shape index (κ3) is 4.52. The third-order valence-electron chi connectivity index (χ3n) is 3.35. The van der Waals surface area contributed by atoms with Gasteiger partial charge in [0, 0.05) is 25.7 Å². The van der Waals surface area contributed by atoms with Crippen LogP contribution in [0.4, 0.5) is 0 Å². The van der Waals surface area contributed by atoms with Gasteiger partial charge in [-0.25, -0.2) is 0 Å². The molecule has 1 unspecified atom stereocenters. The van der Waals surface area contributed by atoms with E-state index in [1.165, 1.54) is 0 Å². The van der Waals surface area contributed by atoms with Gasteiger partial charge in [0.1, 0.15) is 0 Å². The van der Waals surface area contributed by atoms with Crippen LogP contribution >= 0.6 is 0 Å². The maximum absolute atomic E-state index is 9.18. The van der Waals surface area contributed by atoms with E-state index in [9.17, 15) is 10.2 Å². The number of nitrogens with zero attached hydrogens (tertiary/aromatic N) is 1. The lowest BCUT2D eigenvalue weighted by molar-refractivity contribution is -0.0427. The van der Waals surface area contributed by atoms with Crippen LogP contribution < -0.4 is 5.32 Å². The molecule has 5 nitrogen and oxygen atoms in total. The smallest absolute Gasteiger partial charge is 0.0827 e. The number of rotatable bonds is 6. The highest BCUT2D eigenvalue weighted by Crippen LogP contribution is 2.09. The second-order valence-electron chi connectivity index (χ2n) is 5.34. The molecule has 0 radical (unpaired) electrons. The molecule has 1 saturated heterocycles. The van der Waals surface area contributed by atoms with Gasteiger partial charge in [0.15, 0.2) is 0 Å². The molecule has 0 aliphatic carbocycles. The van der Waals surface area contributed by atoms with Crippen LogP contribution in [0.15, 0.2) is 0 Å². The predicted octanol–water partition coefficient (Wildman–Crippen LogP) is -0.571. The monoisotopic (exact) mass is 246 g/mol. The Morgan fingerprint density at radius 2 is 2.06 bits per heavy atom. The molecule has 1 atom stereocenters. The highest BCUT2D eigenvalue weighted by molar-refractivity contribution is 4.84. The number of hydrogen-bond donors (Lipinski definition) is 3. The average molecular weight is 246 g/mol. The minimum Gasteiger partial charge on any atom is -0.394 e. The van der Waals surface area contributed by atoms with Crippen LogP contribution in [0.2, 0.25) is 0 Å². The second-order valence-corrected chi connectivity index (χ2v) is 5.34. The molecule has 5 heteroatoms. The van der Waals surface area contributed by atoms with Gasteiger partial charge in [-0.15, -0.1) is 0 Å². The summed E-state index contributed by atoms with van der Waals surface area (Å²) in [6, 6.07) is 0.531. The molecule has 1 aliphatic rings. The van der Waals surface area contributed by atoms with Crippen LogP contribution in [0.3, 0.4) is 0 Å². The Labute approximate surface area is 104 Å². The van der Waals surface area contributed by atoms with Gasteiger partial charge in [0.25, 0.3) is 0 Å². The second kappa shape index (κ2) is 6.66. The molecular formula is C12H26N2O3. The molecule has 1 rings (SSSR count). The number of hydrogen-bond acceptors (Lipinski definition) is 5. The Kier molecular flexibility index (Phi) is 5.82. The van der Waals surface area contributed by atoms with Crippen molar-refractivity contribution in [3.8, 4) is 0 Å². The number of nitrogens with one attached hydrogen (secondary N) is 1. The van der Waals surface area contributed by atoms with Crippen LogP contribution in [0.5, 0.6) is 0 Å². The summed E-state index contributed by atoms with van der Waals surface area (Å²) >= 11 is 0. The minimum atomic E-state index is -0.622. The van der Waals surface area contributed by atoms with Crippen molar-refractivity contribution in [1.29, 1.82) is 0 Å². The van der Waals surface area contributed by atoms with Crippen LogP contribution in [0.1, 0.15) is 20.8 Å². The topological polar surface area (TPSA) is 65.0 Å². The largest absolute Gasteiger partial charge is 0.394 e. The molecule has 0 aromatic carbocycles. The van der Waals surface area contributed by atoms with Crippen molar-refractivity contribution < 1.29 is 14.9 Å². The van der Waals surface area contributed by atoms with E-state index in [1.807, 2.05) is 0 Å². The number of morpholine rings is 1. The summed E-state index contributed by atoms with van der Waals surface area (Å²) in [7, 11) is 0. The molecule has 0 saturated carbocycles. The number of aliphatic hydroxyl groups excluding tert-OH is 2. The first-order valence-electron chi connectivity index (χ1n) is 6.33. The van der Waals surface area contributed by atoms with Gasteiger partial charge in [-0.1, -0.05) is 0 Å². The van der Waals surface area contributed by atoms with Crippen LogP contribution in [-0.4, -0.2) is 72.3 Å². The van der Waals surface area contributed by atoms with E-state index >= 15 is 0 Å². The lowest BCUT2D eigenvalue weighted by atomic mass is 10.1. The summed E-state index contributed by atoms with van der Waals surface area (Å²) in [5, 5.41) is 21.5. The number of ether oxygens (including phenoxy) is 1. The van der Waals surface area contributed by atoms with Crippen molar-refractivity contribution in [2.45, 2.75) is 38.5 Å². The fraction of sp³-hybridized carbons (Fsp3) is 1.00. The van der Waals surface area contributed by atoms with Crippen molar-refractivity contribution >= 4 is 0 Å². The molecule has 1 heterocycles. The van der Waals surface area contributed by atoms with Gasteiger partial charge < -0.3 is 20.3 Å². The number of aliphatic hydroxyl groups is 2. The summed E-state index contributed by atoms with van der Waals surface area (Å²) < 4.78 is 5.68. The Balaban J connectivity index is 2.36. The predicted molar refractivity (Wildman–Crippen MR) is 67.0 cm³/mol. The molecular weight excluding hydrogens is 220 g/mol. The highest BCUT2D eigenvalue weighted by atomic mass is 16.5.